The van der Waals surface area contributed by atoms with Crippen LogP contribution in [0.2, 0.25) is 4.78 Å². The molecule has 0 aromatic heterocycles. The Morgan fingerprint density at radius 1 is 1.40 bits per heavy atom. The molecule has 0 nitrogen and oxygen atoms in total. The summed E-state index contributed by atoms with van der Waals surface area (Å²) >= 11 is 2.81. The SMILES string of the molecule is C[CH]([Al])Cc1ccccc1.[HH]. The summed E-state index contributed by atoms with van der Waals surface area (Å²) in [6.45, 7) is 2.21. The van der Waals surface area contributed by atoms with Crippen LogP contribution in [-0.4, -0.2) is 16.3 Å². The van der Waals surface area contributed by atoms with Crippen molar-refractivity contribution in [3.8, 4) is 0 Å². The number of hydrogen-bond donors (Lipinski definition) is 0. The van der Waals surface area contributed by atoms with E-state index in [4.69, 9.17) is 0 Å². The minimum Gasteiger partial charge on any atom is -0.106 e. The fraction of sp³-hybridized carbons (Fsp3) is 0.333. The van der Waals surface area contributed by atoms with Crippen molar-refractivity contribution in [2.45, 2.75) is 18.1 Å². The zero-order valence-electron chi connectivity index (χ0n) is 6.25. The van der Waals surface area contributed by atoms with Crippen LogP contribution in [-0.2, 0) is 6.42 Å². The van der Waals surface area contributed by atoms with E-state index in [9.17, 15) is 0 Å². The molecule has 0 aliphatic heterocycles. The minimum atomic E-state index is 0. The van der Waals surface area contributed by atoms with Crippen molar-refractivity contribution >= 4 is 16.3 Å². The minimum absolute atomic E-state index is 0. The Balaban J connectivity index is 0.000001000. The summed E-state index contributed by atoms with van der Waals surface area (Å²) in [6.07, 6.45) is 1.16. The molecular formula is C9H13Al. The van der Waals surface area contributed by atoms with Gasteiger partial charge in [0.2, 0.25) is 0 Å². The second-order valence-corrected chi connectivity index (χ2v) is 3.81. The first-order valence-electron chi connectivity index (χ1n) is 3.58. The van der Waals surface area contributed by atoms with Crippen LogP contribution in [0.3, 0.4) is 0 Å². The molecule has 0 bridgehead atoms. The van der Waals surface area contributed by atoms with Crippen molar-refractivity contribution in [1.29, 1.82) is 0 Å². The highest BCUT2D eigenvalue weighted by Crippen LogP contribution is 2.08. The summed E-state index contributed by atoms with van der Waals surface area (Å²) in [5.41, 5.74) is 1.42. The first-order chi connectivity index (χ1) is 4.79. The van der Waals surface area contributed by atoms with Gasteiger partial charge in [-0.05, 0) is 12.0 Å². The van der Waals surface area contributed by atoms with Crippen molar-refractivity contribution < 1.29 is 1.43 Å². The lowest BCUT2D eigenvalue weighted by atomic mass is 10.1. The van der Waals surface area contributed by atoms with Crippen LogP contribution < -0.4 is 0 Å². The summed E-state index contributed by atoms with van der Waals surface area (Å²) in [5.74, 6) is 0. The van der Waals surface area contributed by atoms with E-state index in [1.54, 1.807) is 0 Å². The molecule has 0 aliphatic carbocycles. The fourth-order valence-electron chi connectivity index (χ4n) is 0.986. The maximum absolute atomic E-state index is 2.81. The van der Waals surface area contributed by atoms with Crippen molar-refractivity contribution in [1.82, 2.24) is 0 Å². The molecule has 1 heteroatoms. The maximum atomic E-state index is 2.81. The molecular weight excluding hydrogens is 135 g/mol. The smallest absolute Gasteiger partial charge is 0.106 e. The molecule has 1 unspecified atom stereocenters. The van der Waals surface area contributed by atoms with Crippen LogP contribution in [0.4, 0.5) is 0 Å². The van der Waals surface area contributed by atoms with Gasteiger partial charge in [0.25, 0.3) is 0 Å². The lowest BCUT2D eigenvalue weighted by molar-refractivity contribution is 0.916. The van der Waals surface area contributed by atoms with Crippen molar-refractivity contribution in [3.05, 3.63) is 35.9 Å². The van der Waals surface area contributed by atoms with Gasteiger partial charge in [-0.25, -0.2) is 0 Å². The molecule has 0 amide bonds. The van der Waals surface area contributed by atoms with Gasteiger partial charge in [-0.15, -0.1) is 4.78 Å². The van der Waals surface area contributed by atoms with Gasteiger partial charge in [-0.1, -0.05) is 37.3 Å². The molecule has 10 heavy (non-hydrogen) atoms. The molecule has 52 valence electrons. The highest BCUT2D eigenvalue weighted by molar-refractivity contribution is 6.11. The lowest BCUT2D eigenvalue weighted by Gasteiger charge is -2.03. The van der Waals surface area contributed by atoms with Crippen molar-refractivity contribution in [3.63, 3.8) is 0 Å². The van der Waals surface area contributed by atoms with Crippen molar-refractivity contribution in [2.75, 3.05) is 0 Å². The standard InChI is InChI=1S/C9H11.Al.H2/c1-2-6-9-7-4-3-5-8-9;;/h2-5,7-8H,6H2,1H3;;1H. The van der Waals surface area contributed by atoms with Crippen LogP contribution in [0.5, 0.6) is 0 Å². The zero-order chi connectivity index (χ0) is 7.40. The maximum Gasteiger partial charge on any atom is 0.123 e. The van der Waals surface area contributed by atoms with E-state index in [0.717, 1.165) is 6.42 Å². The van der Waals surface area contributed by atoms with Gasteiger partial charge in [-0.3, -0.25) is 0 Å². The first kappa shape index (κ1) is 7.86. The van der Waals surface area contributed by atoms with E-state index < -0.39 is 0 Å². The Kier molecular flexibility index (Phi) is 2.99. The molecule has 1 aromatic rings. The van der Waals surface area contributed by atoms with Crippen LogP contribution >= 0.6 is 0 Å². The monoisotopic (exact) mass is 148 g/mol. The molecule has 0 saturated carbocycles. The van der Waals surface area contributed by atoms with Gasteiger partial charge in [0.1, 0.15) is 16.3 Å². The first-order valence-corrected chi connectivity index (χ1v) is 4.25. The fourth-order valence-corrected chi connectivity index (χ4v) is 1.26. The van der Waals surface area contributed by atoms with Gasteiger partial charge in [0, 0.05) is 1.43 Å². The second kappa shape index (κ2) is 3.81. The molecule has 1 atom stereocenters. The van der Waals surface area contributed by atoms with Gasteiger partial charge in [0.15, 0.2) is 0 Å². The Morgan fingerprint density at radius 3 is 2.50 bits per heavy atom. The van der Waals surface area contributed by atoms with Gasteiger partial charge in [0.05, 0.1) is 0 Å². The molecule has 0 aliphatic rings. The Hall–Kier alpha value is -0.248. The van der Waals surface area contributed by atoms with Crippen LogP contribution in [0, 0.1) is 0 Å². The van der Waals surface area contributed by atoms with E-state index in [2.05, 4.69) is 53.5 Å². The van der Waals surface area contributed by atoms with Gasteiger partial charge in [-0.2, -0.15) is 0 Å². The average molecular weight is 148 g/mol. The zero-order valence-corrected chi connectivity index (χ0v) is 7.40. The third kappa shape index (κ3) is 2.56. The van der Waals surface area contributed by atoms with E-state index in [1.165, 1.54) is 5.56 Å². The molecule has 0 N–H and O–H groups in total. The third-order valence-corrected chi connectivity index (χ3v) is 1.64. The Labute approximate surface area is 72.2 Å². The summed E-state index contributed by atoms with van der Waals surface area (Å²) < 4.78 is 0.683. The molecule has 0 saturated heterocycles. The third-order valence-electron chi connectivity index (χ3n) is 1.40. The van der Waals surface area contributed by atoms with E-state index in [1.807, 2.05) is 0 Å². The van der Waals surface area contributed by atoms with Crippen LogP contribution in [0.15, 0.2) is 30.3 Å². The average Bonchev–Trinajstić information content (AvgIpc) is 1.88. The van der Waals surface area contributed by atoms with Crippen molar-refractivity contribution in [2.24, 2.45) is 0 Å². The predicted molar refractivity (Wildman–Crippen MR) is 47.4 cm³/mol. The normalized spacial score (nSPS) is 12.9. The molecule has 1 aromatic carbocycles. The molecule has 0 heterocycles. The van der Waals surface area contributed by atoms with E-state index in [0.29, 0.717) is 4.78 Å². The highest BCUT2D eigenvalue weighted by Gasteiger charge is 1.93. The molecule has 1 rings (SSSR count). The summed E-state index contributed by atoms with van der Waals surface area (Å²) in [4.78, 5) is 0. The van der Waals surface area contributed by atoms with E-state index >= 15 is 0 Å². The van der Waals surface area contributed by atoms with E-state index in [-0.39, 0.29) is 1.43 Å². The lowest BCUT2D eigenvalue weighted by Crippen LogP contribution is -1.90. The van der Waals surface area contributed by atoms with Gasteiger partial charge >= 0.3 is 0 Å². The predicted octanol–water partition coefficient (Wildman–Crippen LogP) is 2.45. The molecule has 0 spiro atoms. The van der Waals surface area contributed by atoms with Crippen LogP contribution in [0.1, 0.15) is 13.9 Å². The van der Waals surface area contributed by atoms with Crippen LogP contribution in [0.25, 0.3) is 0 Å². The molecule has 0 fully saturated rings. The number of rotatable bonds is 2. The van der Waals surface area contributed by atoms with Gasteiger partial charge < -0.3 is 0 Å². The number of benzene rings is 1. The summed E-state index contributed by atoms with van der Waals surface area (Å²) in [7, 11) is 0. The number of hydrogen-bond acceptors (Lipinski definition) is 0. The Morgan fingerprint density at radius 2 is 2.00 bits per heavy atom. The Bertz CT molecular complexity index is 184. The largest absolute Gasteiger partial charge is 0.123 e. The summed E-state index contributed by atoms with van der Waals surface area (Å²) in [5, 5.41) is 0. The molecule has 2 radical (unpaired) electrons. The topological polar surface area (TPSA) is 0 Å². The highest BCUT2D eigenvalue weighted by atomic mass is 27.0. The summed E-state index contributed by atoms with van der Waals surface area (Å²) in [6, 6.07) is 10.6. The quantitative estimate of drug-likeness (QED) is 0.565. The second-order valence-electron chi connectivity index (χ2n) is 2.67.